The molecule has 4 nitrogen and oxygen atoms in total. The number of aromatic nitrogens is 3. The maximum atomic E-state index is 6.10. The van der Waals surface area contributed by atoms with E-state index < -0.39 is 0 Å². The largest absolute Gasteiger partial charge is 0.309 e. The Hall–Kier alpha value is -1.52. The monoisotopic (exact) mass is 234 g/mol. The number of pyridine rings is 1. The third-order valence-corrected chi connectivity index (χ3v) is 2.63. The Balaban J connectivity index is 2.41. The molecule has 2 aromatic heterocycles. The third-order valence-electron chi connectivity index (χ3n) is 2.32. The van der Waals surface area contributed by atoms with E-state index in [0.29, 0.717) is 5.02 Å². The van der Waals surface area contributed by atoms with Gasteiger partial charge in [-0.3, -0.25) is 4.98 Å². The van der Waals surface area contributed by atoms with Gasteiger partial charge in [-0.15, -0.1) is 0 Å². The SMILES string of the molecule is CNC(c1cncnc1)c1ccncc1Cl. The number of halogens is 1. The lowest BCUT2D eigenvalue weighted by atomic mass is 10.0. The van der Waals surface area contributed by atoms with E-state index >= 15 is 0 Å². The van der Waals surface area contributed by atoms with E-state index in [1.54, 1.807) is 24.8 Å². The topological polar surface area (TPSA) is 50.7 Å². The molecule has 0 saturated heterocycles. The molecular weight excluding hydrogens is 224 g/mol. The minimum Gasteiger partial charge on any atom is -0.309 e. The first-order chi connectivity index (χ1) is 7.83. The lowest BCUT2D eigenvalue weighted by Gasteiger charge is -2.17. The molecule has 0 aliphatic rings. The Bertz CT molecular complexity index is 461. The smallest absolute Gasteiger partial charge is 0.115 e. The van der Waals surface area contributed by atoms with Crippen LogP contribution in [0.5, 0.6) is 0 Å². The van der Waals surface area contributed by atoms with Crippen LogP contribution in [0.3, 0.4) is 0 Å². The highest BCUT2D eigenvalue weighted by Crippen LogP contribution is 2.26. The van der Waals surface area contributed by atoms with Crippen LogP contribution < -0.4 is 5.32 Å². The van der Waals surface area contributed by atoms with Crippen LogP contribution in [0.15, 0.2) is 37.2 Å². The molecule has 2 heterocycles. The van der Waals surface area contributed by atoms with Gasteiger partial charge >= 0.3 is 0 Å². The van der Waals surface area contributed by atoms with Crippen molar-refractivity contribution in [1.82, 2.24) is 20.3 Å². The van der Waals surface area contributed by atoms with Gasteiger partial charge in [0.2, 0.25) is 0 Å². The fourth-order valence-corrected chi connectivity index (χ4v) is 1.81. The molecule has 0 fully saturated rings. The lowest BCUT2D eigenvalue weighted by Crippen LogP contribution is -2.18. The zero-order valence-electron chi connectivity index (χ0n) is 8.76. The van der Waals surface area contributed by atoms with Crippen LogP contribution in [0, 0.1) is 0 Å². The summed E-state index contributed by atoms with van der Waals surface area (Å²) < 4.78 is 0. The standard InChI is InChI=1S/C11H11ClN4/c1-13-11(8-4-15-7-16-5-8)9-2-3-14-6-10(9)12/h2-7,11,13H,1H3. The molecule has 0 amide bonds. The summed E-state index contributed by atoms with van der Waals surface area (Å²) in [5.41, 5.74) is 1.94. The Labute approximate surface area is 98.7 Å². The molecule has 82 valence electrons. The number of nitrogens with one attached hydrogen (secondary N) is 1. The number of hydrogen-bond acceptors (Lipinski definition) is 4. The van der Waals surface area contributed by atoms with Crippen molar-refractivity contribution in [2.75, 3.05) is 7.05 Å². The predicted octanol–water partition coefficient (Wildman–Crippen LogP) is 1.83. The van der Waals surface area contributed by atoms with Gasteiger partial charge in [-0.2, -0.15) is 0 Å². The second kappa shape index (κ2) is 5.01. The zero-order chi connectivity index (χ0) is 11.4. The highest BCUT2D eigenvalue weighted by molar-refractivity contribution is 6.31. The van der Waals surface area contributed by atoms with Crippen molar-refractivity contribution in [3.05, 3.63) is 53.3 Å². The van der Waals surface area contributed by atoms with Gasteiger partial charge in [0.25, 0.3) is 0 Å². The first-order valence-corrected chi connectivity index (χ1v) is 5.22. The average molecular weight is 235 g/mol. The Morgan fingerprint density at radius 1 is 1.19 bits per heavy atom. The minimum absolute atomic E-state index is 0.0169. The molecule has 0 bridgehead atoms. The predicted molar refractivity (Wildman–Crippen MR) is 62.2 cm³/mol. The summed E-state index contributed by atoms with van der Waals surface area (Å²) >= 11 is 6.10. The van der Waals surface area contributed by atoms with Gasteiger partial charge in [0.05, 0.1) is 11.1 Å². The van der Waals surface area contributed by atoms with Crippen LogP contribution in [0.2, 0.25) is 5.02 Å². The molecule has 1 N–H and O–H groups in total. The highest BCUT2D eigenvalue weighted by atomic mass is 35.5. The van der Waals surface area contributed by atoms with Crippen molar-refractivity contribution < 1.29 is 0 Å². The lowest BCUT2D eigenvalue weighted by molar-refractivity contribution is 0.684. The molecule has 0 radical (unpaired) electrons. The molecule has 0 aromatic carbocycles. The van der Waals surface area contributed by atoms with Crippen LogP contribution in [0.1, 0.15) is 17.2 Å². The van der Waals surface area contributed by atoms with Crippen LogP contribution in [-0.2, 0) is 0 Å². The highest BCUT2D eigenvalue weighted by Gasteiger charge is 2.15. The molecule has 0 aliphatic carbocycles. The Morgan fingerprint density at radius 2 is 1.94 bits per heavy atom. The summed E-state index contributed by atoms with van der Waals surface area (Å²) in [4.78, 5) is 12.0. The van der Waals surface area contributed by atoms with E-state index in [-0.39, 0.29) is 6.04 Å². The first-order valence-electron chi connectivity index (χ1n) is 4.84. The maximum absolute atomic E-state index is 6.10. The van der Waals surface area contributed by atoms with Gasteiger partial charge in [-0.25, -0.2) is 9.97 Å². The summed E-state index contributed by atoms with van der Waals surface area (Å²) in [6, 6.07) is 1.87. The fraction of sp³-hybridized carbons (Fsp3) is 0.182. The summed E-state index contributed by atoms with van der Waals surface area (Å²) in [5, 5.41) is 3.81. The number of hydrogen-bond donors (Lipinski definition) is 1. The van der Waals surface area contributed by atoms with Crippen molar-refractivity contribution in [3.8, 4) is 0 Å². The molecule has 0 spiro atoms. The van der Waals surface area contributed by atoms with E-state index in [0.717, 1.165) is 11.1 Å². The zero-order valence-corrected chi connectivity index (χ0v) is 9.52. The van der Waals surface area contributed by atoms with E-state index in [2.05, 4.69) is 20.3 Å². The summed E-state index contributed by atoms with van der Waals surface area (Å²) in [5.74, 6) is 0. The molecule has 16 heavy (non-hydrogen) atoms. The normalized spacial score (nSPS) is 12.4. The van der Waals surface area contributed by atoms with Crippen LogP contribution in [0.4, 0.5) is 0 Å². The van der Waals surface area contributed by atoms with E-state index in [9.17, 15) is 0 Å². The molecule has 5 heteroatoms. The summed E-state index contributed by atoms with van der Waals surface area (Å²) in [7, 11) is 1.87. The molecule has 1 unspecified atom stereocenters. The third kappa shape index (κ3) is 2.18. The van der Waals surface area contributed by atoms with Crippen LogP contribution in [-0.4, -0.2) is 22.0 Å². The Morgan fingerprint density at radius 3 is 2.56 bits per heavy atom. The van der Waals surface area contributed by atoms with Gasteiger partial charge in [-0.05, 0) is 18.7 Å². The number of rotatable bonds is 3. The summed E-state index contributed by atoms with van der Waals surface area (Å²) in [6.07, 6.45) is 8.39. The molecule has 0 aliphatic heterocycles. The number of nitrogens with zero attached hydrogens (tertiary/aromatic N) is 3. The van der Waals surface area contributed by atoms with E-state index in [1.807, 2.05) is 13.1 Å². The maximum Gasteiger partial charge on any atom is 0.115 e. The average Bonchev–Trinajstić information content (AvgIpc) is 2.34. The van der Waals surface area contributed by atoms with Gasteiger partial charge < -0.3 is 5.32 Å². The van der Waals surface area contributed by atoms with Crippen molar-refractivity contribution in [1.29, 1.82) is 0 Å². The van der Waals surface area contributed by atoms with Crippen LogP contribution >= 0.6 is 11.6 Å². The van der Waals surface area contributed by atoms with Crippen molar-refractivity contribution in [3.63, 3.8) is 0 Å². The second-order valence-electron chi connectivity index (χ2n) is 3.29. The van der Waals surface area contributed by atoms with E-state index in [1.165, 1.54) is 6.33 Å². The minimum atomic E-state index is -0.0169. The van der Waals surface area contributed by atoms with E-state index in [4.69, 9.17) is 11.6 Å². The van der Waals surface area contributed by atoms with Crippen molar-refractivity contribution in [2.24, 2.45) is 0 Å². The molecule has 0 saturated carbocycles. The van der Waals surface area contributed by atoms with Gasteiger partial charge in [0.1, 0.15) is 6.33 Å². The second-order valence-corrected chi connectivity index (χ2v) is 3.70. The Kier molecular flexibility index (Phi) is 3.44. The van der Waals surface area contributed by atoms with Gasteiger partial charge in [0.15, 0.2) is 0 Å². The van der Waals surface area contributed by atoms with Gasteiger partial charge in [-0.1, -0.05) is 11.6 Å². The van der Waals surface area contributed by atoms with Crippen LogP contribution in [0.25, 0.3) is 0 Å². The molecule has 1 atom stereocenters. The van der Waals surface area contributed by atoms with Crippen molar-refractivity contribution >= 4 is 11.6 Å². The molecular formula is C11H11ClN4. The summed E-state index contributed by atoms with van der Waals surface area (Å²) in [6.45, 7) is 0. The molecule has 2 rings (SSSR count). The first kappa shape index (κ1) is 11.0. The quantitative estimate of drug-likeness (QED) is 0.881. The van der Waals surface area contributed by atoms with Crippen molar-refractivity contribution in [2.45, 2.75) is 6.04 Å². The van der Waals surface area contributed by atoms with Gasteiger partial charge in [0, 0.05) is 30.4 Å². The molecule has 2 aromatic rings. The fourth-order valence-electron chi connectivity index (χ4n) is 1.58.